The predicted octanol–water partition coefficient (Wildman–Crippen LogP) is 2.72. The quantitative estimate of drug-likeness (QED) is 0.770. The van der Waals surface area contributed by atoms with Crippen molar-refractivity contribution in [1.29, 1.82) is 0 Å². The van der Waals surface area contributed by atoms with Crippen molar-refractivity contribution in [2.24, 2.45) is 0 Å². The molecule has 0 spiro atoms. The van der Waals surface area contributed by atoms with Gasteiger partial charge in [0.2, 0.25) is 11.2 Å². The topological polar surface area (TPSA) is 80.6 Å². The van der Waals surface area contributed by atoms with E-state index in [1.54, 1.807) is 0 Å². The molecule has 10 heteroatoms. The third-order valence-corrected chi connectivity index (χ3v) is 4.48. The second-order valence-electron chi connectivity index (χ2n) is 6.25. The van der Waals surface area contributed by atoms with Crippen LogP contribution >= 0.6 is 0 Å². The molecule has 0 amide bonds. The fourth-order valence-electron chi connectivity index (χ4n) is 3.29. The molecule has 0 bridgehead atoms. The molecule has 2 heterocycles. The van der Waals surface area contributed by atoms with Crippen molar-refractivity contribution in [3.63, 3.8) is 0 Å². The molecule has 1 aromatic heterocycles. The molecule has 2 N–H and O–H groups in total. The van der Waals surface area contributed by atoms with Crippen LogP contribution in [0.4, 0.5) is 17.6 Å². The summed E-state index contributed by atoms with van der Waals surface area (Å²) in [6.45, 7) is -2.68. The number of carbonyl (C=O) groups is 1. The summed E-state index contributed by atoms with van der Waals surface area (Å²) in [7, 11) is 0. The number of carboxylic acids is 1. The molecule has 0 saturated carbocycles. The normalized spacial score (nSPS) is 17.4. The van der Waals surface area contributed by atoms with E-state index < -0.39 is 51.9 Å². The Morgan fingerprint density at radius 1 is 1.37 bits per heavy atom. The standard InChI is InChI=1S/C17H16F4N2O4/c18-11-5-9-13(15(12(11)19)27-17(20)21)23(6-8-3-1-2-4-22-8)7-10(14(9)24)16(25)26/h5,7-8,17,22H,1-4,6H2,(H,25,26). The van der Waals surface area contributed by atoms with E-state index in [-0.39, 0.29) is 12.6 Å². The van der Waals surface area contributed by atoms with Gasteiger partial charge in [-0.25, -0.2) is 9.18 Å². The van der Waals surface area contributed by atoms with Crippen molar-refractivity contribution < 1.29 is 32.2 Å². The van der Waals surface area contributed by atoms with E-state index in [4.69, 9.17) is 0 Å². The van der Waals surface area contributed by atoms with Gasteiger partial charge in [-0.15, -0.1) is 0 Å². The molecule has 2 aromatic rings. The highest BCUT2D eigenvalue weighted by Crippen LogP contribution is 2.32. The summed E-state index contributed by atoms with van der Waals surface area (Å²) in [6.07, 6.45) is 3.50. The highest BCUT2D eigenvalue weighted by Gasteiger charge is 2.26. The third-order valence-electron chi connectivity index (χ3n) is 4.48. The zero-order chi connectivity index (χ0) is 19.7. The van der Waals surface area contributed by atoms with Crippen LogP contribution in [0, 0.1) is 11.6 Å². The van der Waals surface area contributed by atoms with Crippen molar-refractivity contribution >= 4 is 16.9 Å². The summed E-state index contributed by atoms with van der Waals surface area (Å²) in [6, 6.07) is 0.348. The maximum Gasteiger partial charge on any atom is 0.387 e. The Balaban J connectivity index is 2.29. The molecule has 1 saturated heterocycles. The molecule has 1 aromatic carbocycles. The molecule has 1 unspecified atom stereocenters. The number of piperidine rings is 1. The number of ether oxygens (including phenoxy) is 1. The molecular formula is C17H16F4N2O4. The van der Waals surface area contributed by atoms with Gasteiger partial charge in [0.05, 0.1) is 10.9 Å². The van der Waals surface area contributed by atoms with Gasteiger partial charge >= 0.3 is 12.6 Å². The van der Waals surface area contributed by atoms with Crippen molar-refractivity contribution in [3.8, 4) is 5.75 Å². The summed E-state index contributed by atoms with van der Waals surface area (Å²) >= 11 is 0. The first-order valence-corrected chi connectivity index (χ1v) is 8.26. The largest absolute Gasteiger partial charge is 0.477 e. The molecule has 0 aliphatic carbocycles. The Morgan fingerprint density at radius 3 is 2.70 bits per heavy atom. The summed E-state index contributed by atoms with van der Waals surface area (Å²) in [4.78, 5) is 23.8. The van der Waals surface area contributed by atoms with E-state index in [0.29, 0.717) is 19.0 Å². The molecular weight excluding hydrogens is 372 g/mol. The third kappa shape index (κ3) is 3.75. The van der Waals surface area contributed by atoms with Gasteiger partial charge in [-0.2, -0.15) is 13.2 Å². The van der Waals surface area contributed by atoms with E-state index in [9.17, 15) is 32.3 Å². The monoisotopic (exact) mass is 388 g/mol. The van der Waals surface area contributed by atoms with Crippen LogP contribution in [0.15, 0.2) is 17.1 Å². The molecule has 1 fully saturated rings. The Labute approximate surface area is 150 Å². The molecule has 3 rings (SSSR count). The van der Waals surface area contributed by atoms with Crippen LogP contribution in [0.3, 0.4) is 0 Å². The lowest BCUT2D eigenvalue weighted by Gasteiger charge is -2.26. The number of hydrogen-bond acceptors (Lipinski definition) is 4. The Kier molecular flexibility index (Phi) is 5.36. The zero-order valence-corrected chi connectivity index (χ0v) is 14.0. The number of halogens is 4. The van der Waals surface area contributed by atoms with E-state index in [0.717, 1.165) is 23.6 Å². The summed E-state index contributed by atoms with van der Waals surface area (Å²) in [5, 5.41) is 11.9. The Morgan fingerprint density at radius 2 is 2.11 bits per heavy atom. The van der Waals surface area contributed by atoms with Gasteiger partial charge in [-0.1, -0.05) is 6.42 Å². The van der Waals surface area contributed by atoms with Crippen molar-refractivity contribution in [2.75, 3.05) is 6.54 Å². The number of benzene rings is 1. The van der Waals surface area contributed by atoms with Crippen LogP contribution in [0.5, 0.6) is 5.75 Å². The molecule has 27 heavy (non-hydrogen) atoms. The SMILES string of the molecule is O=C(O)c1cn(CC2CCCCN2)c2c(OC(F)F)c(F)c(F)cc2c1=O. The first-order valence-electron chi connectivity index (χ1n) is 8.26. The Hall–Kier alpha value is -2.62. The number of carboxylic acid groups (broad SMARTS) is 1. The average Bonchev–Trinajstić information content (AvgIpc) is 2.61. The maximum absolute atomic E-state index is 14.2. The maximum atomic E-state index is 14.2. The number of hydrogen-bond donors (Lipinski definition) is 2. The minimum Gasteiger partial charge on any atom is -0.477 e. The number of aromatic nitrogens is 1. The molecule has 6 nitrogen and oxygen atoms in total. The zero-order valence-electron chi connectivity index (χ0n) is 14.0. The van der Waals surface area contributed by atoms with Gasteiger partial charge in [-0.3, -0.25) is 4.79 Å². The lowest BCUT2D eigenvalue weighted by Crippen LogP contribution is -2.38. The predicted molar refractivity (Wildman–Crippen MR) is 87.4 cm³/mol. The molecule has 146 valence electrons. The van der Waals surface area contributed by atoms with E-state index in [2.05, 4.69) is 10.1 Å². The van der Waals surface area contributed by atoms with E-state index in [1.165, 1.54) is 0 Å². The lowest BCUT2D eigenvalue weighted by atomic mass is 10.0. The second-order valence-corrected chi connectivity index (χ2v) is 6.25. The van der Waals surface area contributed by atoms with Gasteiger partial charge in [0.25, 0.3) is 0 Å². The van der Waals surface area contributed by atoms with Gasteiger partial charge in [0.15, 0.2) is 11.6 Å². The lowest BCUT2D eigenvalue weighted by molar-refractivity contribution is -0.0516. The van der Waals surface area contributed by atoms with Crippen molar-refractivity contribution in [3.05, 3.63) is 39.7 Å². The summed E-state index contributed by atoms with van der Waals surface area (Å²) < 4.78 is 58.8. The van der Waals surface area contributed by atoms with Crippen LogP contribution in [0.1, 0.15) is 29.6 Å². The fourth-order valence-corrected chi connectivity index (χ4v) is 3.29. The Bertz CT molecular complexity index is 939. The average molecular weight is 388 g/mol. The number of nitrogens with zero attached hydrogens (tertiary/aromatic N) is 1. The van der Waals surface area contributed by atoms with Crippen LogP contribution in [0.25, 0.3) is 10.9 Å². The van der Waals surface area contributed by atoms with E-state index >= 15 is 0 Å². The number of rotatable bonds is 5. The first-order chi connectivity index (χ1) is 12.8. The molecule has 0 radical (unpaired) electrons. The van der Waals surface area contributed by atoms with Crippen molar-refractivity contribution in [2.45, 2.75) is 38.5 Å². The second kappa shape index (κ2) is 7.55. The number of nitrogens with one attached hydrogen (secondary N) is 1. The molecule has 1 atom stereocenters. The smallest absolute Gasteiger partial charge is 0.387 e. The fraction of sp³-hybridized carbons (Fsp3) is 0.412. The first kappa shape index (κ1) is 19.2. The van der Waals surface area contributed by atoms with Crippen LogP contribution in [-0.2, 0) is 6.54 Å². The molecule has 1 aliphatic heterocycles. The number of fused-ring (bicyclic) bond motifs is 1. The number of pyridine rings is 1. The molecule has 1 aliphatic rings. The highest BCUT2D eigenvalue weighted by molar-refractivity contribution is 5.94. The van der Waals surface area contributed by atoms with Crippen LogP contribution in [0.2, 0.25) is 0 Å². The van der Waals surface area contributed by atoms with Crippen LogP contribution < -0.4 is 15.5 Å². The van der Waals surface area contributed by atoms with Crippen LogP contribution in [-0.4, -0.2) is 34.8 Å². The number of alkyl halides is 2. The van der Waals surface area contributed by atoms with E-state index in [1.807, 2.05) is 0 Å². The number of aromatic carboxylic acids is 1. The summed E-state index contributed by atoms with van der Waals surface area (Å²) in [5.74, 6) is -5.94. The minimum atomic E-state index is -3.46. The summed E-state index contributed by atoms with van der Waals surface area (Å²) in [5.41, 5.74) is -2.19. The van der Waals surface area contributed by atoms with Gasteiger partial charge in [-0.05, 0) is 25.5 Å². The van der Waals surface area contributed by atoms with Crippen molar-refractivity contribution in [1.82, 2.24) is 9.88 Å². The van der Waals surface area contributed by atoms with Gasteiger partial charge in [0.1, 0.15) is 5.56 Å². The minimum absolute atomic E-state index is 0.0712. The van der Waals surface area contributed by atoms with Gasteiger partial charge in [0, 0.05) is 18.8 Å². The van der Waals surface area contributed by atoms with Gasteiger partial charge < -0.3 is 19.7 Å². The highest BCUT2D eigenvalue weighted by atomic mass is 19.3.